The Bertz CT molecular complexity index is 506. The van der Waals surface area contributed by atoms with Crippen LogP contribution in [-0.4, -0.2) is 7.05 Å². The molecule has 2 aromatic carbocycles. The molecule has 1 nitrogen and oxygen atoms in total. The van der Waals surface area contributed by atoms with E-state index in [0.717, 1.165) is 0 Å². The van der Waals surface area contributed by atoms with Gasteiger partial charge in [0, 0.05) is 0 Å². The van der Waals surface area contributed by atoms with Crippen LogP contribution in [0.1, 0.15) is 43.5 Å². The molecule has 0 amide bonds. The zero-order valence-electron chi connectivity index (χ0n) is 12.3. The van der Waals surface area contributed by atoms with Gasteiger partial charge in [-0.2, -0.15) is 0 Å². The predicted octanol–water partition coefficient (Wildman–Crippen LogP) is 4.29. The minimum atomic E-state index is 0.209. The van der Waals surface area contributed by atoms with E-state index in [1.165, 1.54) is 16.7 Å². The number of rotatable bonds is 3. The molecule has 0 aromatic heterocycles. The van der Waals surface area contributed by atoms with Crippen LogP contribution >= 0.6 is 0 Å². The third-order valence-electron chi connectivity index (χ3n) is 3.53. The summed E-state index contributed by atoms with van der Waals surface area (Å²) in [6, 6.07) is 19.8. The molecular formula is C18H23N. The van der Waals surface area contributed by atoms with Crippen molar-refractivity contribution in [3.63, 3.8) is 0 Å². The summed E-state index contributed by atoms with van der Waals surface area (Å²) in [7, 11) is 2.01. The highest BCUT2D eigenvalue weighted by molar-refractivity contribution is 5.35. The van der Waals surface area contributed by atoms with Crippen molar-refractivity contribution in [3.8, 4) is 0 Å². The zero-order chi connectivity index (χ0) is 13.9. The van der Waals surface area contributed by atoms with E-state index in [2.05, 4.69) is 80.7 Å². The molecule has 19 heavy (non-hydrogen) atoms. The predicted molar refractivity (Wildman–Crippen MR) is 82.5 cm³/mol. The normalized spacial score (nSPS) is 13.3. The van der Waals surface area contributed by atoms with Crippen molar-refractivity contribution >= 4 is 0 Å². The molecular weight excluding hydrogens is 230 g/mol. The molecule has 0 saturated heterocycles. The van der Waals surface area contributed by atoms with Crippen molar-refractivity contribution in [1.29, 1.82) is 0 Å². The lowest BCUT2D eigenvalue weighted by atomic mass is 9.86. The van der Waals surface area contributed by atoms with Gasteiger partial charge in [0.15, 0.2) is 0 Å². The van der Waals surface area contributed by atoms with Crippen LogP contribution < -0.4 is 5.32 Å². The average molecular weight is 253 g/mol. The Labute approximate surface area is 116 Å². The molecule has 2 rings (SSSR count). The molecule has 0 aliphatic heterocycles. The lowest BCUT2D eigenvalue weighted by molar-refractivity contribution is 0.589. The molecule has 0 spiro atoms. The van der Waals surface area contributed by atoms with Gasteiger partial charge in [-0.05, 0) is 29.2 Å². The highest BCUT2D eigenvalue weighted by atomic mass is 14.9. The molecule has 0 fully saturated rings. The third-order valence-corrected chi connectivity index (χ3v) is 3.53. The van der Waals surface area contributed by atoms with Gasteiger partial charge in [-0.1, -0.05) is 75.4 Å². The minimum absolute atomic E-state index is 0.209. The molecule has 1 N–H and O–H groups in total. The molecule has 0 aliphatic carbocycles. The maximum atomic E-state index is 3.39. The molecule has 0 aliphatic rings. The lowest BCUT2D eigenvalue weighted by Crippen LogP contribution is -2.18. The topological polar surface area (TPSA) is 12.0 Å². The Morgan fingerprint density at radius 2 is 1.32 bits per heavy atom. The summed E-state index contributed by atoms with van der Waals surface area (Å²) in [4.78, 5) is 0. The SMILES string of the molecule is CNC(c1ccccc1)c1ccc(C(C)(C)C)cc1. The first-order valence-electron chi connectivity index (χ1n) is 6.85. The summed E-state index contributed by atoms with van der Waals surface area (Å²) in [5.74, 6) is 0. The van der Waals surface area contributed by atoms with Crippen molar-refractivity contribution in [2.24, 2.45) is 0 Å². The van der Waals surface area contributed by atoms with E-state index in [1.807, 2.05) is 7.05 Å². The van der Waals surface area contributed by atoms with Crippen molar-refractivity contribution in [1.82, 2.24) is 5.32 Å². The summed E-state index contributed by atoms with van der Waals surface area (Å²) in [6.07, 6.45) is 0. The fourth-order valence-corrected chi connectivity index (χ4v) is 2.35. The van der Waals surface area contributed by atoms with E-state index < -0.39 is 0 Å². The first kappa shape index (κ1) is 13.8. The van der Waals surface area contributed by atoms with Crippen LogP contribution in [0.3, 0.4) is 0 Å². The van der Waals surface area contributed by atoms with Crippen LogP contribution in [0.2, 0.25) is 0 Å². The quantitative estimate of drug-likeness (QED) is 0.860. The maximum absolute atomic E-state index is 3.39. The van der Waals surface area contributed by atoms with Crippen LogP contribution in [0.15, 0.2) is 54.6 Å². The lowest BCUT2D eigenvalue weighted by Gasteiger charge is -2.21. The zero-order valence-corrected chi connectivity index (χ0v) is 12.3. The van der Waals surface area contributed by atoms with Gasteiger partial charge < -0.3 is 5.32 Å². The highest BCUT2D eigenvalue weighted by Crippen LogP contribution is 2.26. The van der Waals surface area contributed by atoms with Gasteiger partial charge in [-0.3, -0.25) is 0 Å². The Morgan fingerprint density at radius 3 is 1.79 bits per heavy atom. The van der Waals surface area contributed by atoms with E-state index >= 15 is 0 Å². The Balaban J connectivity index is 2.30. The Kier molecular flexibility index (Phi) is 4.06. The Hall–Kier alpha value is -1.60. The second-order valence-electron chi connectivity index (χ2n) is 6.00. The number of hydrogen-bond donors (Lipinski definition) is 1. The van der Waals surface area contributed by atoms with Crippen LogP contribution in [-0.2, 0) is 5.41 Å². The van der Waals surface area contributed by atoms with Crippen LogP contribution in [0.4, 0.5) is 0 Å². The highest BCUT2D eigenvalue weighted by Gasteiger charge is 2.15. The second kappa shape index (κ2) is 5.58. The van der Waals surface area contributed by atoms with Gasteiger partial charge in [-0.25, -0.2) is 0 Å². The summed E-state index contributed by atoms with van der Waals surface area (Å²) < 4.78 is 0. The van der Waals surface area contributed by atoms with Crippen LogP contribution in [0.5, 0.6) is 0 Å². The van der Waals surface area contributed by atoms with Crippen molar-refractivity contribution in [3.05, 3.63) is 71.3 Å². The molecule has 1 heteroatoms. The van der Waals surface area contributed by atoms with E-state index in [4.69, 9.17) is 0 Å². The summed E-state index contributed by atoms with van der Waals surface area (Å²) in [6.45, 7) is 6.73. The van der Waals surface area contributed by atoms with Gasteiger partial charge in [-0.15, -0.1) is 0 Å². The van der Waals surface area contributed by atoms with Crippen LogP contribution in [0.25, 0.3) is 0 Å². The van der Waals surface area contributed by atoms with E-state index in [1.54, 1.807) is 0 Å². The number of benzene rings is 2. The molecule has 100 valence electrons. The third kappa shape index (κ3) is 3.24. The summed E-state index contributed by atoms with van der Waals surface area (Å²) in [5, 5.41) is 3.39. The average Bonchev–Trinajstić information content (AvgIpc) is 2.40. The van der Waals surface area contributed by atoms with E-state index in [9.17, 15) is 0 Å². The fraction of sp³-hybridized carbons (Fsp3) is 0.333. The maximum Gasteiger partial charge on any atom is 0.0574 e. The number of nitrogens with one attached hydrogen (secondary N) is 1. The van der Waals surface area contributed by atoms with Gasteiger partial charge in [0.2, 0.25) is 0 Å². The molecule has 0 radical (unpaired) electrons. The van der Waals surface area contributed by atoms with Crippen LogP contribution in [0, 0.1) is 0 Å². The molecule has 1 atom stereocenters. The summed E-state index contributed by atoms with van der Waals surface area (Å²) >= 11 is 0. The molecule has 0 saturated carbocycles. The van der Waals surface area contributed by atoms with Gasteiger partial charge >= 0.3 is 0 Å². The number of hydrogen-bond acceptors (Lipinski definition) is 1. The Morgan fingerprint density at radius 1 is 0.789 bits per heavy atom. The smallest absolute Gasteiger partial charge is 0.0574 e. The van der Waals surface area contributed by atoms with Gasteiger partial charge in [0.05, 0.1) is 6.04 Å². The van der Waals surface area contributed by atoms with E-state index in [-0.39, 0.29) is 11.5 Å². The monoisotopic (exact) mass is 253 g/mol. The van der Waals surface area contributed by atoms with Gasteiger partial charge in [0.1, 0.15) is 0 Å². The van der Waals surface area contributed by atoms with Crippen molar-refractivity contribution < 1.29 is 0 Å². The molecule has 0 heterocycles. The minimum Gasteiger partial charge on any atom is -0.309 e. The first-order chi connectivity index (χ1) is 9.02. The standard InChI is InChI=1S/C18H23N/c1-18(2,3)16-12-10-15(11-13-16)17(19-4)14-8-6-5-7-9-14/h5-13,17,19H,1-4H3. The first-order valence-corrected chi connectivity index (χ1v) is 6.85. The molecule has 1 unspecified atom stereocenters. The fourth-order valence-electron chi connectivity index (χ4n) is 2.35. The van der Waals surface area contributed by atoms with Crippen molar-refractivity contribution in [2.45, 2.75) is 32.2 Å². The summed E-state index contributed by atoms with van der Waals surface area (Å²) in [5.41, 5.74) is 4.19. The largest absolute Gasteiger partial charge is 0.309 e. The van der Waals surface area contributed by atoms with Crippen molar-refractivity contribution in [2.75, 3.05) is 7.05 Å². The molecule has 2 aromatic rings. The second-order valence-corrected chi connectivity index (χ2v) is 6.00. The van der Waals surface area contributed by atoms with Gasteiger partial charge in [0.25, 0.3) is 0 Å². The van der Waals surface area contributed by atoms with E-state index in [0.29, 0.717) is 0 Å². The molecule has 0 bridgehead atoms.